The number of likely N-dealkylation sites (tertiary alicyclic amines) is 1. The predicted molar refractivity (Wildman–Crippen MR) is 57.6 cm³/mol. The van der Waals surface area contributed by atoms with Crippen molar-refractivity contribution in [1.82, 2.24) is 15.2 Å². The fraction of sp³-hybridized carbons (Fsp3) is 0.455. The SMILES string of the molecule is CNC1CCN(C(=O)c2ccc(F)cn2)C1. The standard InChI is InChI=1S/C11H14FN3O/c1-13-9-4-5-15(7-9)11(16)10-3-2-8(12)6-14-10/h2-3,6,9,13H,4-5,7H2,1H3. The molecule has 2 rings (SSSR count). The van der Waals surface area contributed by atoms with E-state index in [1.807, 2.05) is 7.05 Å². The Hall–Kier alpha value is -1.49. The van der Waals surface area contributed by atoms with Gasteiger partial charge in [0.1, 0.15) is 11.5 Å². The van der Waals surface area contributed by atoms with Crippen molar-refractivity contribution < 1.29 is 9.18 Å². The summed E-state index contributed by atoms with van der Waals surface area (Å²) in [6.07, 6.45) is 2.02. The van der Waals surface area contributed by atoms with Gasteiger partial charge in [0.2, 0.25) is 0 Å². The molecule has 1 saturated heterocycles. The minimum Gasteiger partial charge on any atom is -0.336 e. The summed E-state index contributed by atoms with van der Waals surface area (Å²) in [6, 6.07) is 3.03. The Morgan fingerprint density at radius 1 is 1.62 bits per heavy atom. The van der Waals surface area contributed by atoms with E-state index in [9.17, 15) is 9.18 Å². The summed E-state index contributed by atoms with van der Waals surface area (Å²) >= 11 is 0. The topological polar surface area (TPSA) is 45.2 Å². The van der Waals surface area contributed by atoms with Crippen molar-refractivity contribution in [2.45, 2.75) is 12.5 Å². The van der Waals surface area contributed by atoms with Crippen LogP contribution in [0.3, 0.4) is 0 Å². The number of hydrogen-bond donors (Lipinski definition) is 1. The van der Waals surface area contributed by atoms with Crippen LogP contribution in [0.2, 0.25) is 0 Å². The highest BCUT2D eigenvalue weighted by atomic mass is 19.1. The molecule has 1 atom stereocenters. The number of likely N-dealkylation sites (N-methyl/N-ethyl adjacent to an activating group) is 1. The van der Waals surface area contributed by atoms with Crippen molar-refractivity contribution in [3.63, 3.8) is 0 Å². The molecular weight excluding hydrogens is 209 g/mol. The number of aromatic nitrogens is 1. The Morgan fingerprint density at radius 3 is 3.00 bits per heavy atom. The van der Waals surface area contributed by atoms with Crippen molar-refractivity contribution in [1.29, 1.82) is 0 Å². The average molecular weight is 223 g/mol. The van der Waals surface area contributed by atoms with Crippen molar-refractivity contribution >= 4 is 5.91 Å². The summed E-state index contributed by atoms with van der Waals surface area (Å²) in [6.45, 7) is 1.41. The molecule has 1 aliphatic rings. The summed E-state index contributed by atoms with van der Waals surface area (Å²) in [7, 11) is 1.88. The molecule has 1 unspecified atom stereocenters. The number of amides is 1. The Labute approximate surface area is 93.5 Å². The third-order valence-electron chi connectivity index (χ3n) is 2.83. The number of pyridine rings is 1. The third kappa shape index (κ3) is 2.19. The number of hydrogen-bond acceptors (Lipinski definition) is 3. The number of carbonyl (C=O) groups excluding carboxylic acids is 1. The molecule has 0 radical (unpaired) electrons. The third-order valence-corrected chi connectivity index (χ3v) is 2.83. The Balaban J connectivity index is 2.05. The van der Waals surface area contributed by atoms with Crippen molar-refractivity contribution in [2.24, 2.45) is 0 Å². The fourth-order valence-corrected chi connectivity index (χ4v) is 1.84. The summed E-state index contributed by atoms with van der Waals surface area (Å²) in [5.41, 5.74) is 0.304. The zero-order valence-electron chi connectivity index (χ0n) is 9.11. The smallest absolute Gasteiger partial charge is 0.272 e. The lowest BCUT2D eigenvalue weighted by molar-refractivity contribution is 0.0784. The summed E-state index contributed by atoms with van der Waals surface area (Å²) in [5.74, 6) is -0.552. The average Bonchev–Trinajstić information content (AvgIpc) is 2.77. The molecule has 5 heteroatoms. The van der Waals surface area contributed by atoms with Gasteiger partial charge in [0.25, 0.3) is 5.91 Å². The number of nitrogens with one attached hydrogen (secondary N) is 1. The van der Waals surface area contributed by atoms with Gasteiger partial charge < -0.3 is 10.2 Å². The number of rotatable bonds is 2. The molecule has 1 aliphatic heterocycles. The molecule has 86 valence electrons. The van der Waals surface area contributed by atoms with Gasteiger partial charge >= 0.3 is 0 Å². The fourth-order valence-electron chi connectivity index (χ4n) is 1.84. The van der Waals surface area contributed by atoms with E-state index >= 15 is 0 Å². The molecule has 0 aliphatic carbocycles. The second-order valence-electron chi connectivity index (χ2n) is 3.89. The summed E-state index contributed by atoms with van der Waals surface area (Å²) in [4.78, 5) is 17.5. The van der Waals surface area contributed by atoms with Crippen molar-refractivity contribution in [2.75, 3.05) is 20.1 Å². The van der Waals surface area contributed by atoms with Gasteiger partial charge in [-0.2, -0.15) is 0 Å². The molecule has 1 aromatic rings. The molecule has 2 heterocycles. The quantitative estimate of drug-likeness (QED) is 0.801. The normalized spacial score (nSPS) is 20.1. The van der Waals surface area contributed by atoms with Crippen LogP contribution >= 0.6 is 0 Å². The molecule has 1 amide bonds. The number of nitrogens with zero attached hydrogens (tertiary/aromatic N) is 2. The van der Waals surface area contributed by atoms with Crippen LogP contribution in [0.1, 0.15) is 16.9 Å². The maximum Gasteiger partial charge on any atom is 0.272 e. The van der Waals surface area contributed by atoms with Crippen LogP contribution in [-0.4, -0.2) is 42.0 Å². The van der Waals surface area contributed by atoms with Gasteiger partial charge in [-0.15, -0.1) is 0 Å². The molecule has 0 aromatic carbocycles. The van der Waals surface area contributed by atoms with E-state index in [0.29, 0.717) is 18.3 Å². The lowest BCUT2D eigenvalue weighted by atomic mass is 10.3. The van der Waals surface area contributed by atoms with Crippen LogP contribution in [0.25, 0.3) is 0 Å². The van der Waals surface area contributed by atoms with Gasteiger partial charge in [-0.1, -0.05) is 0 Å². The zero-order chi connectivity index (χ0) is 11.5. The largest absolute Gasteiger partial charge is 0.336 e. The van der Waals surface area contributed by atoms with Gasteiger partial charge in [-0.3, -0.25) is 4.79 Å². The van der Waals surface area contributed by atoms with E-state index in [-0.39, 0.29) is 5.91 Å². The van der Waals surface area contributed by atoms with Crippen LogP contribution in [0, 0.1) is 5.82 Å². The van der Waals surface area contributed by atoms with Crippen LogP contribution in [0.4, 0.5) is 4.39 Å². The highest BCUT2D eigenvalue weighted by Gasteiger charge is 2.26. The Kier molecular flexibility index (Phi) is 3.14. The van der Waals surface area contributed by atoms with Crippen molar-refractivity contribution in [3.8, 4) is 0 Å². The zero-order valence-corrected chi connectivity index (χ0v) is 9.11. The van der Waals surface area contributed by atoms with E-state index in [0.717, 1.165) is 19.2 Å². The molecule has 4 nitrogen and oxygen atoms in total. The van der Waals surface area contributed by atoms with Crippen LogP contribution in [0.15, 0.2) is 18.3 Å². The van der Waals surface area contributed by atoms with E-state index in [1.54, 1.807) is 4.90 Å². The molecule has 0 spiro atoms. The lowest BCUT2D eigenvalue weighted by Gasteiger charge is -2.15. The minimum atomic E-state index is -0.425. The van der Waals surface area contributed by atoms with Gasteiger partial charge in [0.15, 0.2) is 0 Å². The van der Waals surface area contributed by atoms with Gasteiger partial charge in [0, 0.05) is 19.1 Å². The van der Waals surface area contributed by atoms with Gasteiger partial charge in [-0.05, 0) is 25.6 Å². The summed E-state index contributed by atoms with van der Waals surface area (Å²) in [5, 5.41) is 3.14. The molecule has 1 N–H and O–H groups in total. The molecule has 1 aromatic heterocycles. The first-order chi connectivity index (χ1) is 7.70. The second kappa shape index (κ2) is 4.57. The van der Waals surface area contributed by atoms with Crippen LogP contribution in [-0.2, 0) is 0 Å². The van der Waals surface area contributed by atoms with Crippen molar-refractivity contribution in [3.05, 3.63) is 29.8 Å². The maximum atomic E-state index is 12.6. The highest BCUT2D eigenvalue weighted by Crippen LogP contribution is 2.12. The molecule has 0 bridgehead atoms. The first-order valence-corrected chi connectivity index (χ1v) is 5.29. The van der Waals surface area contributed by atoms with Gasteiger partial charge in [0.05, 0.1) is 6.20 Å². The second-order valence-corrected chi connectivity index (χ2v) is 3.89. The molecule has 16 heavy (non-hydrogen) atoms. The van der Waals surface area contributed by atoms with Gasteiger partial charge in [-0.25, -0.2) is 9.37 Å². The van der Waals surface area contributed by atoms with Crippen LogP contribution in [0.5, 0.6) is 0 Å². The molecule has 1 fully saturated rings. The highest BCUT2D eigenvalue weighted by molar-refractivity contribution is 5.92. The van der Waals surface area contributed by atoms with E-state index < -0.39 is 5.82 Å². The predicted octanol–water partition coefficient (Wildman–Crippen LogP) is 0.655. The monoisotopic (exact) mass is 223 g/mol. The lowest BCUT2D eigenvalue weighted by Crippen LogP contribution is -2.33. The number of carbonyl (C=O) groups is 1. The molecule has 0 saturated carbocycles. The number of halogens is 1. The minimum absolute atomic E-state index is 0.127. The van der Waals surface area contributed by atoms with E-state index in [1.165, 1.54) is 12.1 Å². The Bertz CT molecular complexity index is 379. The Morgan fingerprint density at radius 2 is 2.44 bits per heavy atom. The first-order valence-electron chi connectivity index (χ1n) is 5.29. The first kappa shape index (κ1) is 11.0. The van der Waals surface area contributed by atoms with E-state index in [2.05, 4.69) is 10.3 Å². The molecular formula is C11H14FN3O. The van der Waals surface area contributed by atoms with E-state index in [4.69, 9.17) is 0 Å². The maximum absolute atomic E-state index is 12.6. The van der Waals surface area contributed by atoms with Crippen LogP contribution < -0.4 is 5.32 Å². The summed E-state index contributed by atoms with van der Waals surface area (Å²) < 4.78 is 12.6.